The number of benzene rings is 1. The maximum Gasteiger partial charge on any atom is 0.129 e. The summed E-state index contributed by atoms with van der Waals surface area (Å²) in [4.78, 5) is 0. The predicted octanol–water partition coefficient (Wildman–Crippen LogP) is 4.16. The van der Waals surface area contributed by atoms with Crippen molar-refractivity contribution in [1.29, 1.82) is 0 Å². The Hall–Kier alpha value is -0.930. The van der Waals surface area contributed by atoms with Gasteiger partial charge in [0.25, 0.3) is 0 Å². The van der Waals surface area contributed by atoms with Gasteiger partial charge < -0.3 is 10.5 Å². The quantitative estimate of drug-likeness (QED) is 0.682. The molecular weight excluding hydrogens is 241 g/mol. The summed E-state index contributed by atoms with van der Waals surface area (Å²) in [6, 6.07) is 5.11. The Morgan fingerprint density at radius 3 is 2.68 bits per heavy atom. The van der Waals surface area contributed by atoms with Crippen molar-refractivity contribution >= 4 is 0 Å². The number of nitrogens with two attached hydrogens (primary N) is 1. The van der Waals surface area contributed by atoms with Gasteiger partial charge in [0.1, 0.15) is 5.82 Å². The van der Waals surface area contributed by atoms with Crippen LogP contribution in [0.25, 0.3) is 0 Å². The number of halogens is 1. The summed E-state index contributed by atoms with van der Waals surface area (Å²) in [7, 11) is 0. The van der Waals surface area contributed by atoms with Crippen LogP contribution in [0.1, 0.15) is 57.1 Å². The van der Waals surface area contributed by atoms with Crippen molar-refractivity contribution in [2.75, 3.05) is 0 Å². The molecule has 3 heteroatoms. The summed E-state index contributed by atoms with van der Waals surface area (Å²) in [5.74, 6) is -0.221. The Kier molecular flexibility index (Phi) is 7.68. The van der Waals surface area contributed by atoms with Gasteiger partial charge in [0.05, 0.1) is 12.7 Å². The van der Waals surface area contributed by atoms with Gasteiger partial charge in [-0.05, 0) is 25.0 Å². The summed E-state index contributed by atoms with van der Waals surface area (Å²) in [5, 5.41) is 0. The minimum absolute atomic E-state index is 0.186. The zero-order valence-corrected chi connectivity index (χ0v) is 12.1. The molecule has 1 aromatic rings. The number of rotatable bonds is 9. The zero-order valence-electron chi connectivity index (χ0n) is 12.1. The average Bonchev–Trinajstić information content (AvgIpc) is 2.42. The van der Waals surface area contributed by atoms with E-state index in [1.165, 1.54) is 31.7 Å². The van der Waals surface area contributed by atoms with E-state index in [9.17, 15) is 4.39 Å². The van der Waals surface area contributed by atoms with Crippen LogP contribution in [0, 0.1) is 5.82 Å². The SMILES string of the molecule is CCCCCCC(C)OCc1ccc(CN)cc1F. The molecule has 0 fully saturated rings. The third-order valence-corrected chi connectivity index (χ3v) is 3.34. The molecule has 0 spiro atoms. The van der Waals surface area contributed by atoms with Gasteiger partial charge in [-0.3, -0.25) is 0 Å². The summed E-state index contributed by atoms with van der Waals surface area (Å²) in [6.07, 6.45) is 6.19. The minimum atomic E-state index is -0.221. The van der Waals surface area contributed by atoms with Crippen LogP contribution in [0.4, 0.5) is 4.39 Å². The monoisotopic (exact) mass is 267 g/mol. The Balaban J connectivity index is 2.31. The first kappa shape index (κ1) is 16.1. The van der Waals surface area contributed by atoms with Gasteiger partial charge in [0.15, 0.2) is 0 Å². The van der Waals surface area contributed by atoms with Gasteiger partial charge >= 0.3 is 0 Å². The predicted molar refractivity (Wildman–Crippen MR) is 77.3 cm³/mol. The molecular formula is C16H26FNO. The Morgan fingerprint density at radius 2 is 2.05 bits per heavy atom. The highest BCUT2D eigenvalue weighted by atomic mass is 19.1. The minimum Gasteiger partial charge on any atom is -0.374 e. The fourth-order valence-corrected chi connectivity index (χ4v) is 2.01. The highest BCUT2D eigenvalue weighted by Crippen LogP contribution is 2.14. The molecule has 1 aromatic carbocycles. The lowest BCUT2D eigenvalue weighted by molar-refractivity contribution is 0.0443. The molecule has 2 nitrogen and oxygen atoms in total. The molecule has 0 radical (unpaired) electrons. The highest BCUT2D eigenvalue weighted by molar-refractivity contribution is 5.23. The largest absolute Gasteiger partial charge is 0.374 e. The molecule has 0 heterocycles. The van der Waals surface area contributed by atoms with Gasteiger partial charge in [-0.1, -0.05) is 44.7 Å². The zero-order chi connectivity index (χ0) is 14.1. The van der Waals surface area contributed by atoms with Crippen molar-refractivity contribution < 1.29 is 9.13 Å². The lowest BCUT2D eigenvalue weighted by Crippen LogP contribution is -2.09. The topological polar surface area (TPSA) is 35.2 Å². The van der Waals surface area contributed by atoms with E-state index in [0.29, 0.717) is 18.7 Å². The third-order valence-electron chi connectivity index (χ3n) is 3.34. The molecule has 0 aliphatic rings. The van der Waals surface area contributed by atoms with Crippen LogP contribution in [0.5, 0.6) is 0 Å². The first-order valence-electron chi connectivity index (χ1n) is 7.26. The van der Waals surface area contributed by atoms with Crippen molar-refractivity contribution in [3.63, 3.8) is 0 Å². The summed E-state index contributed by atoms with van der Waals surface area (Å²) in [5.41, 5.74) is 6.90. The van der Waals surface area contributed by atoms with Crippen molar-refractivity contribution in [3.8, 4) is 0 Å². The average molecular weight is 267 g/mol. The highest BCUT2D eigenvalue weighted by Gasteiger charge is 2.07. The molecule has 0 bridgehead atoms. The standard InChI is InChI=1S/C16H26FNO/c1-3-4-5-6-7-13(2)19-12-15-9-8-14(11-18)10-16(15)17/h8-10,13H,3-7,11-12,18H2,1-2H3. The molecule has 1 atom stereocenters. The summed E-state index contributed by atoms with van der Waals surface area (Å²) in [6.45, 7) is 4.96. The number of hydrogen-bond donors (Lipinski definition) is 1. The third kappa shape index (κ3) is 6.17. The molecule has 108 valence electrons. The van der Waals surface area contributed by atoms with Gasteiger partial charge in [-0.25, -0.2) is 4.39 Å². The van der Waals surface area contributed by atoms with E-state index < -0.39 is 0 Å². The molecule has 0 saturated heterocycles. The molecule has 2 N–H and O–H groups in total. The summed E-state index contributed by atoms with van der Waals surface area (Å²) < 4.78 is 19.4. The number of hydrogen-bond acceptors (Lipinski definition) is 2. The van der Waals surface area contributed by atoms with E-state index in [4.69, 9.17) is 10.5 Å². The smallest absolute Gasteiger partial charge is 0.129 e. The second kappa shape index (κ2) is 9.05. The Bertz CT molecular complexity index is 368. The second-order valence-corrected chi connectivity index (χ2v) is 5.10. The van der Waals surface area contributed by atoms with Crippen molar-refractivity contribution in [2.45, 2.75) is 65.2 Å². The first-order valence-corrected chi connectivity index (χ1v) is 7.26. The van der Waals surface area contributed by atoms with Crippen LogP contribution in [-0.2, 0) is 17.9 Å². The Morgan fingerprint density at radius 1 is 1.26 bits per heavy atom. The van der Waals surface area contributed by atoms with Crippen LogP contribution in [-0.4, -0.2) is 6.10 Å². The lowest BCUT2D eigenvalue weighted by Gasteiger charge is -2.13. The molecule has 0 amide bonds. The van der Waals surface area contributed by atoms with Crippen LogP contribution in [0.15, 0.2) is 18.2 Å². The molecule has 1 rings (SSSR count). The van der Waals surface area contributed by atoms with Crippen molar-refractivity contribution in [1.82, 2.24) is 0 Å². The fourth-order valence-electron chi connectivity index (χ4n) is 2.01. The second-order valence-electron chi connectivity index (χ2n) is 5.10. The van der Waals surface area contributed by atoms with Crippen molar-refractivity contribution in [3.05, 3.63) is 35.1 Å². The fraction of sp³-hybridized carbons (Fsp3) is 0.625. The van der Waals surface area contributed by atoms with E-state index in [1.807, 2.05) is 6.07 Å². The van der Waals surface area contributed by atoms with Gasteiger partial charge in [0, 0.05) is 12.1 Å². The normalized spacial score (nSPS) is 12.6. The van der Waals surface area contributed by atoms with Crippen LogP contribution < -0.4 is 5.73 Å². The van der Waals surface area contributed by atoms with Crippen LogP contribution in [0.3, 0.4) is 0 Å². The van der Waals surface area contributed by atoms with E-state index >= 15 is 0 Å². The molecule has 0 saturated carbocycles. The van der Waals surface area contributed by atoms with Gasteiger partial charge in [-0.15, -0.1) is 0 Å². The van der Waals surface area contributed by atoms with E-state index in [0.717, 1.165) is 12.0 Å². The van der Waals surface area contributed by atoms with E-state index in [-0.39, 0.29) is 11.9 Å². The number of unbranched alkanes of at least 4 members (excludes halogenated alkanes) is 3. The van der Waals surface area contributed by atoms with Gasteiger partial charge in [0.2, 0.25) is 0 Å². The maximum absolute atomic E-state index is 13.7. The van der Waals surface area contributed by atoms with Crippen LogP contribution in [0.2, 0.25) is 0 Å². The number of ether oxygens (including phenoxy) is 1. The summed E-state index contributed by atoms with van der Waals surface area (Å²) >= 11 is 0. The molecule has 0 aliphatic carbocycles. The van der Waals surface area contributed by atoms with E-state index in [2.05, 4.69) is 13.8 Å². The molecule has 0 aliphatic heterocycles. The first-order chi connectivity index (χ1) is 9.17. The lowest BCUT2D eigenvalue weighted by atomic mass is 10.1. The van der Waals surface area contributed by atoms with Crippen LogP contribution >= 0.6 is 0 Å². The van der Waals surface area contributed by atoms with Crippen molar-refractivity contribution in [2.24, 2.45) is 5.73 Å². The molecule has 0 aromatic heterocycles. The van der Waals surface area contributed by atoms with E-state index in [1.54, 1.807) is 6.07 Å². The van der Waals surface area contributed by atoms with Gasteiger partial charge in [-0.2, -0.15) is 0 Å². The Labute approximate surface area is 116 Å². The molecule has 19 heavy (non-hydrogen) atoms. The maximum atomic E-state index is 13.7. The molecule has 1 unspecified atom stereocenters.